The molecule has 0 N–H and O–H groups in total. The van der Waals surface area contributed by atoms with Crippen LogP contribution in [0.5, 0.6) is 0 Å². The molecule has 1 fully saturated rings. The summed E-state index contributed by atoms with van der Waals surface area (Å²) >= 11 is 0. The molecule has 0 aliphatic carbocycles. The number of piperazine rings is 1. The van der Waals surface area contributed by atoms with Crippen LogP contribution in [-0.4, -0.2) is 72.1 Å². The second-order valence-corrected chi connectivity index (χ2v) is 7.91. The Labute approximate surface area is 195 Å². The van der Waals surface area contributed by atoms with E-state index >= 15 is 0 Å². The third kappa shape index (κ3) is 4.75. The van der Waals surface area contributed by atoms with Gasteiger partial charge in [-0.05, 0) is 37.3 Å². The SMILES string of the molecule is CCOC(=O)C1=NN(c2ccccc2)[C@H](C(=O)N2CCN(C(=O)c3ccc(F)c(F)c3)CC2)C1. The van der Waals surface area contributed by atoms with Crippen molar-refractivity contribution in [3.8, 4) is 0 Å². The summed E-state index contributed by atoms with van der Waals surface area (Å²) in [5, 5.41) is 5.90. The number of rotatable bonds is 5. The van der Waals surface area contributed by atoms with Crippen LogP contribution in [0, 0.1) is 11.6 Å². The summed E-state index contributed by atoms with van der Waals surface area (Å²) in [6.45, 7) is 2.92. The van der Waals surface area contributed by atoms with Crippen LogP contribution in [0.2, 0.25) is 0 Å². The molecule has 178 valence electrons. The Kier molecular flexibility index (Phi) is 6.85. The number of hydrogen-bond donors (Lipinski definition) is 0. The first-order valence-electron chi connectivity index (χ1n) is 11.0. The molecular formula is C24H24F2N4O4. The first kappa shape index (κ1) is 23.3. The summed E-state index contributed by atoms with van der Waals surface area (Å²) in [4.78, 5) is 41.5. The smallest absolute Gasteiger partial charge is 0.354 e. The molecule has 2 aliphatic heterocycles. The molecule has 2 aromatic rings. The first-order valence-corrected chi connectivity index (χ1v) is 11.0. The number of hydrazone groups is 1. The molecule has 0 radical (unpaired) electrons. The van der Waals surface area contributed by atoms with Gasteiger partial charge in [0.2, 0.25) is 5.91 Å². The van der Waals surface area contributed by atoms with Crippen LogP contribution in [0.25, 0.3) is 0 Å². The number of esters is 1. The number of hydrogen-bond acceptors (Lipinski definition) is 6. The molecule has 2 aliphatic rings. The van der Waals surface area contributed by atoms with E-state index in [1.165, 1.54) is 16.0 Å². The van der Waals surface area contributed by atoms with Gasteiger partial charge in [0.25, 0.3) is 5.91 Å². The van der Waals surface area contributed by atoms with Gasteiger partial charge in [0.15, 0.2) is 11.6 Å². The lowest BCUT2D eigenvalue weighted by Gasteiger charge is -2.37. The van der Waals surface area contributed by atoms with Crippen molar-refractivity contribution in [3.05, 3.63) is 65.7 Å². The summed E-state index contributed by atoms with van der Waals surface area (Å²) in [5.74, 6) is -3.30. The number of amides is 2. The van der Waals surface area contributed by atoms with Crippen LogP contribution in [0.15, 0.2) is 53.6 Å². The molecule has 0 saturated carbocycles. The molecule has 1 saturated heterocycles. The number of para-hydroxylation sites is 1. The Balaban J connectivity index is 1.44. The van der Waals surface area contributed by atoms with E-state index in [2.05, 4.69) is 5.10 Å². The molecule has 0 unspecified atom stereocenters. The molecular weight excluding hydrogens is 446 g/mol. The van der Waals surface area contributed by atoms with Gasteiger partial charge < -0.3 is 14.5 Å². The predicted molar refractivity (Wildman–Crippen MR) is 120 cm³/mol. The quantitative estimate of drug-likeness (QED) is 0.627. The van der Waals surface area contributed by atoms with Gasteiger partial charge in [0, 0.05) is 38.2 Å². The Morgan fingerprint density at radius 1 is 0.971 bits per heavy atom. The van der Waals surface area contributed by atoms with Gasteiger partial charge in [0.1, 0.15) is 11.8 Å². The third-order valence-corrected chi connectivity index (χ3v) is 5.77. The maximum atomic E-state index is 13.5. The molecule has 8 nitrogen and oxygen atoms in total. The maximum absolute atomic E-state index is 13.5. The van der Waals surface area contributed by atoms with Crippen LogP contribution < -0.4 is 5.01 Å². The fourth-order valence-electron chi connectivity index (χ4n) is 4.01. The van der Waals surface area contributed by atoms with Gasteiger partial charge in [-0.1, -0.05) is 18.2 Å². The van der Waals surface area contributed by atoms with E-state index in [1.807, 2.05) is 18.2 Å². The predicted octanol–water partition coefficient (Wildman–Crippen LogP) is 2.45. The summed E-state index contributed by atoms with van der Waals surface area (Å²) < 4.78 is 31.8. The van der Waals surface area contributed by atoms with Gasteiger partial charge in [-0.15, -0.1) is 0 Å². The highest BCUT2D eigenvalue weighted by Crippen LogP contribution is 2.26. The zero-order chi connectivity index (χ0) is 24.2. The number of carbonyl (C=O) groups is 3. The van der Waals surface area contributed by atoms with Crippen molar-refractivity contribution in [1.29, 1.82) is 0 Å². The number of carbonyl (C=O) groups excluding carboxylic acids is 3. The van der Waals surface area contributed by atoms with Crippen molar-refractivity contribution in [2.45, 2.75) is 19.4 Å². The topological polar surface area (TPSA) is 82.5 Å². The van der Waals surface area contributed by atoms with Crippen LogP contribution in [0.3, 0.4) is 0 Å². The zero-order valence-electron chi connectivity index (χ0n) is 18.6. The fourth-order valence-corrected chi connectivity index (χ4v) is 4.01. The van der Waals surface area contributed by atoms with Crippen molar-refractivity contribution in [2.24, 2.45) is 5.10 Å². The van der Waals surface area contributed by atoms with Gasteiger partial charge in [0.05, 0.1) is 12.3 Å². The summed E-state index contributed by atoms with van der Waals surface area (Å²) in [6, 6.07) is 11.4. The number of ether oxygens (including phenoxy) is 1. The number of halogens is 2. The van der Waals surface area contributed by atoms with E-state index in [4.69, 9.17) is 4.74 Å². The zero-order valence-corrected chi connectivity index (χ0v) is 18.6. The maximum Gasteiger partial charge on any atom is 0.354 e. The minimum absolute atomic E-state index is 0.0530. The lowest BCUT2D eigenvalue weighted by atomic mass is 10.1. The minimum atomic E-state index is -1.08. The van der Waals surface area contributed by atoms with Gasteiger partial charge in [-0.3, -0.25) is 14.6 Å². The highest BCUT2D eigenvalue weighted by atomic mass is 19.2. The van der Waals surface area contributed by atoms with Crippen molar-refractivity contribution >= 4 is 29.2 Å². The fraction of sp³-hybridized carbons (Fsp3) is 0.333. The van der Waals surface area contributed by atoms with Crippen molar-refractivity contribution in [1.82, 2.24) is 9.80 Å². The third-order valence-electron chi connectivity index (χ3n) is 5.77. The molecule has 2 aromatic carbocycles. The molecule has 0 bridgehead atoms. The average Bonchev–Trinajstić information content (AvgIpc) is 3.31. The van der Waals surface area contributed by atoms with Crippen molar-refractivity contribution < 1.29 is 27.9 Å². The lowest BCUT2D eigenvalue weighted by Crippen LogP contribution is -2.54. The number of benzene rings is 2. The summed E-state index contributed by atoms with van der Waals surface area (Å²) in [5.41, 5.74) is 0.903. The molecule has 1 atom stereocenters. The lowest BCUT2D eigenvalue weighted by molar-refractivity contribution is -0.135. The Morgan fingerprint density at radius 3 is 2.29 bits per heavy atom. The van der Waals surface area contributed by atoms with E-state index in [0.717, 1.165) is 12.1 Å². The Morgan fingerprint density at radius 2 is 1.65 bits per heavy atom. The normalized spacial score (nSPS) is 18.0. The molecule has 2 heterocycles. The van der Waals surface area contributed by atoms with Gasteiger partial charge in [-0.2, -0.15) is 5.10 Å². The van der Waals surface area contributed by atoms with Crippen LogP contribution in [0.4, 0.5) is 14.5 Å². The second kappa shape index (κ2) is 9.98. The molecule has 2 amide bonds. The average molecular weight is 470 g/mol. The molecule has 4 rings (SSSR count). The molecule has 0 aromatic heterocycles. The van der Waals surface area contributed by atoms with E-state index in [-0.39, 0.29) is 56.4 Å². The van der Waals surface area contributed by atoms with Gasteiger partial charge in [-0.25, -0.2) is 13.6 Å². The first-order chi connectivity index (χ1) is 16.4. The van der Waals surface area contributed by atoms with Crippen LogP contribution >= 0.6 is 0 Å². The summed E-state index contributed by atoms with van der Waals surface area (Å²) in [6.07, 6.45) is 0.112. The molecule has 34 heavy (non-hydrogen) atoms. The largest absolute Gasteiger partial charge is 0.461 e. The van der Waals surface area contributed by atoms with Crippen LogP contribution in [-0.2, 0) is 14.3 Å². The second-order valence-electron chi connectivity index (χ2n) is 7.91. The molecule has 10 heteroatoms. The van der Waals surface area contributed by atoms with E-state index in [1.54, 1.807) is 24.0 Å². The van der Waals surface area contributed by atoms with E-state index < -0.39 is 29.6 Å². The van der Waals surface area contributed by atoms with Crippen molar-refractivity contribution in [2.75, 3.05) is 37.8 Å². The highest BCUT2D eigenvalue weighted by molar-refractivity contribution is 6.38. The summed E-state index contributed by atoms with van der Waals surface area (Å²) in [7, 11) is 0. The highest BCUT2D eigenvalue weighted by Gasteiger charge is 2.40. The Hall–Kier alpha value is -3.82. The van der Waals surface area contributed by atoms with Gasteiger partial charge >= 0.3 is 5.97 Å². The number of anilines is 1. The van der Waals surface area contributed by atoms with Crippen molar-refractivity contribution in [3.63, 3.8) is 0 Å². The molecule has 0 spiro atoms. The van der Waals surface area contributed by atoms with Crippen LogP contribution in [0.1, 0.15) is 23.7 Å². The minimum Gasteiger partial charge on any atom is -0.461 e. The standard InChI is InChI=1S/C24H24F2N4O4/c1-2-34-24(33)20-15-21(30(27-20)17-6-4-3-5-7-17)23(32)29-12-10-28(11-13-29)22(31)16-8-9-18(25)19(26)14-16/h3-9,14,21H,2,10-13,15H2,1H3/t21-/m0/s1. The monoisotopic (exact) mass is 470 g/mol. The van der Waals surface area contributed by atoms with E-state index in [9.17, 15) is 23.2 Å². The Bertz CT molecular complexity index is 1120. The van der Waals surface area contributed by atoms with E-state index in [0.29, 0.717) is 5.69 Å². The number of nitrogens with zero attached hydrogens (tertiary/aromatic N) is 4.